The molecule has 0 aromatic heterocycles. The van der Waals surface area contributed by atoms with Gasteiger partial charge < -0.3 is 5.32 Å². The Labute approximate surface area is 76.9 Å². The third kappa shape index (κ3) is 2.48. The lowest BCUT2D eigenvalue weighted by Crippen LogP contribution is -2.49. The van der Waals surface area contributed by atoms with Crippen molar-refractivity contribution in [1.82, 2.24) is 5.32 Å². The van der Waals surface area contributed by atoms with Gasteiger partial charge in [0.2, 0.25) is 0 Å². The van der Waals surface area contributed by atoms with Gasteiger partial charge in [0, 0.05) is 5.54 Å². The first kappa shape index (κ1) is 10.0. The van der Waals surface area contributed by atoms with Gasteiger partial charge in [-0.25, -0.2) is 0 Å². The largest absolute Gasteiger partial charge is 0.311 e. The molecule has 1 nitrogen and oxygen atoms in total. The Hall–Kier alpha value is -0.0400. The Balaban J connectivity index is 2.14. The first-order valence-electron chi connectivity index (χ1n) is 5.45. The Morgan fingerprint density at radius 3 is 2.17 bits per heavy atom. The van der Waals surface area contributed by atoms with Gasteiger partial charge in [0.25, 0.3) is 0 Å². The van der Waals surface area contributed by atoms with Crippen molar-refractivity contribution < 1.29 is 0 Å². The van der Waals surface area contributed by atoms with E-state index in [2.05, 4.69) is 26.1 Å². The smallest absolute Gasteiger partial charge is 0.0153 e. The Kier molecular flexibility index (Phi) is 3.57. The van der Waals surface area contributed by atoms with Gasteiger partial charge in [0.05, 0.1) is 0 Å². The number of rotatable bonds is 5. The molecule has 0 heterocycles. The van der Waals surface area contributed by atoms with E-state index in [-0.39, 0.29) is 0 Å². The van der Waals surface area contributed by atoms with E-state index in [0.717, 1.165) is 5.92 Å². The monoisotopic (exact) mass is 169 g/mol. The lowest BCUT2D eigenvalue weighted by Gasteiger charge is -2.40. The van der Waals surface area contributed by atoms with Gasteiger partial charge in [0.15, 0.2) is 0 Å². The van der Waals surface area contributed by atoms with E-state index in [1.807, 2.05) is 0 Å². The van der Waals surface area contributed by atoms with Gasteiger partial charge in [0.1, 0.15) is 0 Å². The van der Waals surface area contributed by atoms with Crippen LogP contribution in [0.15, 0.2) is 0 Å². The van der Waals surface area contributed by atoms with Gasteiger partial charge in [-0.1, -0.05) is 26.7 Å². The van der Waals surface area contributed by atoms with Crippen molar-refractivity contribution in [3.8, 4) is 0 Å². The molecule has 1 rings (SSSR count). The fraction of sp³-hybridized carbons (Fsp3) is 1.00. The highest BCUT2D eigenvalue weighted by atomic mass is 15.0. The Bertz CT molecular complexity index is 123. The second kappa shape index (κ2) is 4.27. The molecule has 0 aromatic carbocycles. The molecule has 12 heavy (non-hydrogen) atoms. The predicted octanol–water partition coefficient (Wildman–Crippen LogP) is 2.95. The third-order valence-corrected chi connectivity index (χ3v) is 3.43. The van der Waals surface area contributed by atoms with E-state index in [1.54, 1.807) is 0 Å². The van der Waals surface area contributed by atoms with E-state index in [9.17, 15) is 0 Å². The van der Waals surface area contributed by atoms with Crippen LogP contribution in [0, 0.1) is 5.92 Å². The molecule has 0 unspecified atom stereocenters. The first-order valence-corrected chi connectivity index (χ1v) is 5.45. The number of nitrogens with one attached hydrogen (secondary N) is 1. The summed E-state index contributed by atoms with van der Waals surface area (Å²) in [5.41, 5.74) is 0.503. The molecule has 1 N–H and O–H groups in total. The standard InChI is InChI=1S/C11H23N/c1-4-10(5-2)9-12-11(3)7-6-8-11/h10,12H,4-9H2,1-3H3. The SMILES string of the molecule is CCC(CC)CNC1(C)CCC1. The van der Waals surface area contributed by atoms with Crippen LogP contribution in [0.2, 0.25) is 0 Å². The molecule has 0 aromatic rings. The zero-order chi connectivity index (χ0) is 9.03. The van der Waals surface area contributed by atoms with Crippen LogP contribution in [0.25, 0.3) is 0 Å². The van der Waals surface area contributed by atoms with Gasteiger partial charge in [-0.15, -0.1) is 0 Å². The second-order valence-electron chi connectivity index (χ2n) is 4.48. The number of hydrogen-bond donors (Lipinski definition) is 1. The summed E-state index contributed by atoms with van der Waals surface area (Å²) < 4.78 is 0. The molecule has 0 radical (unpaired) electrons. The van der Waals surface area contributed by atoms with Gasteiger partial charge in [-0.2, -0.15) is 0 Å². The second-order valence-corrected chi connectivity index (χ2v) is 4.48. The van der Waals surface area contributed by atoms with Crippen molar-refractivity contribution in [2.24, 2.45) is 5.92 Å². The summed E-state index contributed by atoms with van der Waals surface area (Å²) in [5.74, 6) is 0.891. The van der Waals surface area contributed by atoms with Crippen molar-refractivity contribution in [2.75, 3.05) is 6.54 Å². The molecule has 1 aliphatic rings. The predicted molar refractivity (Wildman–Crippen MR) is 54.3 cm³/mol. The lowest BCUT2D eigenvalue weighted by molar-refractivity contribution is 0.195. The van der Waals surface area contributed by atoms with Crippen molar-refractivity contribution in [1.29, 1.82) is 0 Å². The minimum Gasteiger partial charge on any atom is -0.311 e. The van der Waals surface area contributed by atoms with Crippen LogP contribution < -0.4 is 5.32 Å². The van der Waals surface area contributed by atoms with Crippen LogP contribution in [0.3, 0.4) is 0 Å². The van der Waals surface area contributed by atoms with E-state index in [4.69, 9.17) is 0 Å². The summed E-state index contributed by atoms with van der Waals surface area (Å²) in [5, 5.41) is 3.70. The summed E-state index contributed by atoms with van der Waals surface area (Å²) in [7, 11) is 0. The molecule has 0 aliphatic heterocycles. The lowest BCUT2D eigenvalue weighted by atomic mass is 9.78. The summed E-state index contributed by atoms with van der Waals surface area (Å²) in [6, 6.07) is 0. The van der Waals surface area contributed by atoms with Crippen molar-refractivity contribution in [2.45, 2.75) is 58.4 Å². The highest BCUT2D eigenvalue weighted by molar-refractivity contribution is 4.91. The molecule has 1 heteroatoms. The summed E-state index contributed by atoms with van der Waals surface area (Å²) >= 11 is 0. The molecule has 0 atom stereocenters. The van der Waals surface area contributed by atoms with E-state index in [0.29, 0.717) is 5.54 Å². The quantitative estimate of drug-likeness (QED) is 0.667. The third-order valence-electron chi connectivity index (χ3n) is 3.43. The molecular weight excluding hydrogens is 146 g/mol. The fourth-order valence-corrected chi connectivity index (χ4v) is 1.85. The van der Waals surface area contributed by atoms with Gasteiger partial charge >= 0.3 is 0 Å². The van der Waals surface area contributed by atoms with E-state index in [1.165, 1.54) is 38.6 Å². The van der Waals surface area contributed by atoms with Crippen molar-refractivity contribution in [3.63, 3.8) is 0 Å². The molecule has 1 saturated carbocycles. The average molecular weight is 169 g/mol. The molecule has 1 aliphatic carbocycles. The maximum absolute atomic E-state index is 3.70. The van der Waals surface area contributed by atoms with Crippen molar-refractivity contribution in [3.05, 3.63) is 0 Å². The number of hydrogen-bond acceptors (Lipinski definition) is 1. The van der Waals surface area contributed by atoms with Crippen LogP contribution in [-0.2, 0) is 0 Å². The Morgan fingerprint density at radius 2 is 1.83 bits per heavy atom. The molecule has 1 fully saturated rings. The Morgan fingerprint density at radius 1 is 1.25 bits per heavy atom. The fourth-order valence-electron chi connectivity index (χ4n) is 1.85. The van der Waals surface area contributed by atoms with Gasteiger partial charge in [-0.3, -0.25) is 0 Å². The van der Waals surface area contributed by atoms with Crippen LogP contribution in [0.5, 0.6) is 0 Å². The highest BCUT2D eigenvalue weighted by Crippen LogP contribution is 2.31. The minimum atomic E-state index is 0.503. The van der Waals surface area contributed by atoms with Crippen LogP contribution in [0.4, 0.5) is 0 Å². The molecular formula is C11H23N. The summed E-state index contributed by atoms with van der Waals surface area (Å²) in [4.78, 5) is 0. The van der Waals surface area contributed by atoms with E-state index >= 15 is 0 Å². The average Bonchev–Trinajstić information content (AvgIpc) is 2.03. The van der Waals surface area contributed by atoms with E-state index < -0.39 is 0 Å². The molecule has 72 valence electrons. The van der Waals surface area contributed by atoms with Crippen molar-refractivity contribution >= 4 is 0 Å². The molecule has 0 saturated heterocycles. The van der Waals surface area contributed by atoms with Crippen LogP contribution in [-0.4, -0.2) is 12.1 Å². The summed E-state index contributed by atoms with van der Waals surface area (Å²) in [6.07, 6.45) is 6.83. The highest BCUT2D eigenvalue weighted by Gasteiger charge is 2.30. The maximum atomic E-state index is 3.70. The van der Waals surface area contributed by atoms with Crippen LogP contribution >= 0.6 is 0 Å². The normalized spacial score (nSPS) is 21.0. The zero-order valence-electron chi connectivity index (χ0n) is 8.82. The maximum Gasteiger partial charge on any atom is 0.0153 e. The summed E-state index contributed by atoms with van der Waals surface area (Å²) in [6.45, 7) is 8.17. The van der Waals surface area contributed by atoms with Crippen LogP contribution in [0.1, 0.15) is 52.9 Å². The molecule has 0 spiro atoms. The topological polar surface area (TPSA) is 12.0 Å². The molecule has 0 amide bonds. The zero-order valence-corrected chi connectivity index (χ0v) is 8.82. The molecule has 0 bridgehead atoms. The van der Waals surface area contributed by atoms with Gasteiger partial charge in [-0.05, 0) is 38.6 Å². The minimum absolute atomic E-state index is 0.503. The first-order chi connectivity index (χ1) is 5.70.